The van der Waals surface area contributed by atoms with Crippen LogP contribution in [-0.4, -0.2) is 5.84 Å². The van der Waals surface area contributed by atoms with Gasteiger partial charge in [-0.3, -0.25) is 0 Å². The molecule has 16 heavy (non-hydrogen) atoms. The number of rotatable bonds is 3. The van der Waals surface area contributed by atoms with Gasteiger partial charge >= 0.3 is 0 Å². The van der Waals surface area contributed by atoms with Crippen LogP contribution in [0, 0.1) is 0 Å². The van der Waals surface area contributed by atoms with Crippen molar-refractivity contribution >= 4 is 22.9 Å². The second-order valence-corrected chi connectivity index (χ2v) is 4.33. The number of nitrogens with zero attached hydrogens (tertiary/aromatic N) is 1. The van der Waals surface area contributed by atoms with Gasteiger partial charge in [-0.15, -0.1) is 11.3 Å². The van der Waals surface area contributed by atoms with Crippen molar-refractivity contribution in [2.24, 2.45) is 10.8 Å². The summed E-state index contributed by atoms with van der Waals surface area (Å²) in [6, 6.07) is 13.9. The van der Waals surface area contributed by atoms with Crippen molar-refractivity contribution in [2.75, 3.05) is 0 Å². The number of thiophene rings is 1. The van der Waals surface area contributed by atoms with Gasteiger partial charge in [0.1, 0.15) is 5.84 Å². The highest BCUT2D eigenvalue weighted by Gasteiger charge is 2.00. The van der Waals surface area contributed by atoms with Crippen molar-refractivity contribution < 1.29 is 0 Å². The number of hydrogen-bond acceptors (Lipinski definition) is 3. The molecule has 1 heterocycles. The molecule has 4 heteroatoms. The number of nitrogens with two attached hydrogens (primary N) is 1. The standard InChI is InChI=1S/C12H13N3S/c13-15-12(9-11-7-4-8-16-11)14-10-5-2-1-3-6-10/h1-8H,9,13H2,(H,14,15). The van der Waals surface area contributed by atoms with E-state index in [9.17, 15) is 0 Å². The third-order valence-corrected chi connectivity index (χ3v) is 2.99. The van der Waals surface area contributed by atoms with E-state index in [0.29, 0.717) is 0 Å². The highest BCUT2D eigenvalue weighted by atomic mass is 32.1. The fourth-order valence-electron chi connectivity index (χ4n) is 1.36. The highest BCUT2D eigenvalue weighted by molar-refractivity contribution is 7.10. The van der Waals surface area contributed by atoms with Gasteiger partial charge in [-0.25, -0.2) is 10.8 Å². The first kappa shape index (κ1) is 10.9. The monoisotopic (exact) mass is 231 g/mol. The van der Waals surface area contributed by atoms with E-state index < -0.39 is 0 Å². The molecule has 3 N–H and O–H groups in total. The minimum absolute atomic E-state index is 0.739. The Balaban J connectivity index is 2.14. The molecule has 0 saturated heterocycles. The van der Waals surface area contributed by atoms with Crippen molar-refractivity contribution in [3.05, 3.63) is 52.7 Å². The summed E-state index contributed by atoms with van der Waals surface area (Å²) in [6.45, 7) is 0. The van der Waals surface area contributed by atoms with Crippen LogP contribution in [0.4, 0.5) is 5.69 Å². The van der Waals surface area contributed by atoms with Gasteiger partial charge in [-0.05, 0) is 23.6 Å². The minimum atomic E-state index is 0.739. The minimum Gasteiger partial charge on any atom is -0.312 e. The first-order valence-corrected chi connectivity index (χ1v) is 5.88. The molecule has 0 spiro atoms. The van der Waals surface area contributed by atoms with E-state index in [1.807, 2.05) is 41.8 Å². The molecule has 0 atom stereocenters. The van der Waals surface area contributed by atoms with E-state index in [2.05, 4.69) is 16.5 Å². The number of aliphatic imine (C=N–C) groups is 1. The van der Waals surface area contributed by atoms with E-state index in [1.165, 1.54) is 4.88 Å². The molecule has 82 valence electrons. The summed E-state index contributed by atoms with van der Waals surface area (Å²) < 4.78 is 0. The maximum atomic E-state index is 5.46. The Morgan fingerprint density at radius 3 is 2.62 bits per heavy atom. The first-order valence-electron chi connectivity index (χ1n) is 5.00. The SMILES string of the molecule is NNC(Cc1cccs1)=Nc1ccccc1. The van der Waals surface area contributed by atoms with Crippen molar-refractivity contribution in [1.82, 2.24) is 5.43 Å². The fraction of sp³-hybridized carbons (Fsp3) is 0.0833. The summed E-state index contributed by atoms with van der Waals surface area (Å²) >= 11 is 1.70. The molecule has 0 unspecified atom stereocenters. The summed E-state index contributed by atoms with van der Waals surface area (Å²) in [5.74, 6) is 6.23. The van der Waals surface area contributed by atoms with E-state index >= 15 is 0 Å². The summed E-state index contributed by atoms with van der Waals surface area (Å²) in [6.07, 6.45) is 0.739. The predicted octanol–water partition coefficient (Wildman–Crippen LogP) is 2.48. The molecule has 0 radical (unpaired) electrons. The molecule has 0 aliphatic heterocycles. The van der Waals surface area contributed by atoms with Crippen LogP contribution in [0.25, 0.3) is 0 Å². The Labute approximate surface area is 98.6 Å². The lowest BCUT2D eigenvalue weighted by Crippen LogP contribution is -2.31. The molecule has 0 fully saturated rings. The molecule has 2 rings (SSSR count). The summed E-state index contributed by atoms with van der Waals surface area (Å²) in [5.41, 5.74) is 3.55. The number of amidine groups is 1. The molecule has 0 amide bonds. The van der Waals surface area contributed by atoms with Crippen LogP contribution in [-0.2, 0) is 6.42 Å². The Kier molecular flexibility index (Phi) is 3.69. The quantitative estimate of drug-likeness (QED) is 0.369. The zero-order valence-electron chi connectivity index (χ0n) is 8.76. The smallest absolute Gasteiger partial charge is 0.121 e. The molecule has 0 bridgehead atoms. The van der Waals surface area contributed by atoms with Crippen LogP contribution >= 0.6 is 11.3 Å². The van der Waals surface area contributed by atoms with E-state index in [-0.39, 0.29) is 0 Å². The van der Waals surface area contributed by atoms with Crippen LogP contribution in [0.2, 0.25) is 0 Å². The number of hydrazine groups is 1. The van der Waals surface area contributed by atoms with Crippen LogP contribution in [0.1, 0.15) is 4.88 Å². The maximum Gasteiger partial charge on any atom is 0.121 e. The van der Waals surface area contributed by atoms with Gasteiger partial charge < -0.3 is 5.43 Å². The lowest BCUT2D eigenvalue weighted by Gasteiger charge is -2.03. The van der Waals surface area contributed by atoms with Crippen molar-refractivity contribution in [1.29, 1.82) is 0 Å². The summed E-state index contributed by atoms with van der Waals surface area (Å²) in [7, 11) is 0. The molecule has 1 aromatic carbocycles. The second kappa shape index (κ2) is 5.44. The van der Waals surface area contributed by atoms with Gasteiger partial charge in [-0.1, -0.05) is 24.3 Å². The third kappa shape index (κ3) is 2.92. The van der Waals surface area contributed by atoms with Crippen molar-refractivity contribution in [3.63, 3.8) is 0 Å². The molecule has 1 aromatic heterocycles. The Hall–Kier alpha value is -1.65. The van der Waals surface area contributed by atoms with Gasteiger partial charge in [0.05, 0.1) is 5.69 Å². The van der Waals surface area contributed by atoms with Crippen molar-refractivity contribution in [2.45, 2.75) is 6.42 Å². The van der Waals surface area contributed by atoms with E-state index in [1.54, 1.807) is 11.3 Å². The largest absolute Gasteiger partial charge is 0.312 e. The van der Waals surface area contributed by atoms with Gasteiger partial charge in [0.2, 0.25) is 0 Å². The first-order chi connectivity index (χ1) is 7.88. The molecule has 0 aliphatic rings. The van der Waals surface area contributed by atoms with Crippen LogP contribution < -0.4 is 11.3 Å². The lowest BCUT2D eigenvalue weighted by molar-refractivity contribution is 0.992. The van der Waals surface area contributed by atoms with Gasteiger partial charge in [0.25, 0.3) is 0 Å². The average Bonchev–Trinajstić information content (AvgIpc) is 2.82. The van der Waals surface area contributed by atoms with Gasteiger partial charge in [-0.2, -0.15) is 0 Å². The third-order valence-electron chi connectivity index (χ3n) is 2.11. The average molecular weight is 231 g/mol. The van der Waals surface area contributed by atoms with Crippen LogP contribution in [0.15, 0.2) is 52.8 Å². The Morgan fingerprint density at radius 2 is 2.00 bits per heavy atom. The molecular weight excluding hydrogens is 218 g/mol. The number of benzene rings is 1. The zero-order valence-corrected chi connectivity index (χ0v) is 9.58. The summed E-state index contributed by atoms with van der Waals surface area (Å²) in [4.78, 5) is 5.68. The number of para-hydroxylation sites is 1. The van der Waals surface area contributed by atoms with Crippen molar-refractivity contribution in [3.8, 4) is 0 Å². The Morgan fingerprint density at radius 1 is 1.19 bits per heavy atom. The second-order valence-electron chi connectivity index (χ2n) is 3.29. The molecule has 0 aliphatic carbocycles. The van der Waals surface area contributed by atoms with Gasteiger partial charge in [0.15, 0.2) is 0 Å². The maximum absolute atomic E-state index is 5.46. The molecule has 2 aromatic rings. The Bertz CT molecular complexity index is 448. The lowest BCUT2D eigenvalue weighted by atomic mass is 10.3. The topological polar surface area (TPSA) is 50.4 Å². The van der Waals surface area contributed by atoms with Gasteiger partial charge in [0, 0.05) is 11.3 Å². The molecule has 3 nitrogen and oxygen atoms in total. The summed E-state index contributed by atoms with van der Waals surface area (Å²) in [5, 5.41) is 2.05. The van der Waals surface area contributed by atoms with Crippen LogP contribution in [0.5, 0.6) is 0 Å². The number of nitrogens with one attached hydrogen (secondary N) is 1. The zero-order chi connectivity index (χ0) is 11.2. The fourth-order valence-corrected chi connectivity index (χ4v) is 2.07. The molecule has 0 saturated carbocycles. The number of hydrogen-bond donors (Lipinski definition) is 2. The molecular formula is C12H13N3S. The highest BCUT2D eigenvalue weighted by Crippen LogP contribution is 2.13. The van der Waals surface area contributed by atoms with Crippen LogP contribution in [0.3, 0.4) is 0 Å². The van der Waals surface area contributed by atoms with E-state index in [4.69, 9.17) is 5.84 Å². The normalized spacial score (nSPS) is 11.4. The predicted molar refractivity (Wildman–Crippen MR) is 68.9 cm³/mol. The van der Waals surface area contributed by atoms with E-state index in [0.717, 1.165) is 17.9 Å².